The Morgan fingerprint density at radius 2 is 2.05 bits per heavy atom. The van der Waals surface area contributed by atoms with Crippen molar-refractivity contribution in [1.29, 1.82) is 0 Å². The zero-order chi connectivity index (χ0) is 14.1. The zero-order valence-electron chi connectivity index (χ0n) is 11.4. The molecule has 1 aromatic rings. The third-order valence-electron chi connectivity index (χ3n) is 2.61. The lowest BCUT2D eigenvalue weighted by Gasteiger charge is -2.08. The van der Waals surface area contributed by atoms with Gasteiger partial charge in [-0.3, -0.25) is 9.59 Å². The van der Waals surface area contributed by atoms with E-state index in [1.807, 2.05) is 24.3 Å². The van der Waals surface area contributed by atoms with Gasteiger partial charge < -0.3 is 10.1 Å². The Labute approximate surface area is 114 Å². The first kappa shape index (κ1) is 15.2. The SMILES string of the molecule is CCCCOc1ccc(CC(=O)N[C@@H](C)[C]=O)cc1. The van der Waals surface area contributed by atoms with Gasteiger partial charge in [0.25, 0.3) is 0 Å². The number of hydrogen-bond acceptors (Lipinski definition) is 3. The first-order valence-corrected chi connectivity index (χ1v) is 6.54. The number of rotatable bonds is 8. The minimum Gasteiger partial charge on any atom is -0.494 e. The summed E-state index contributed by atoms with van der Waals surface area (Å²) in [6, 6.07) is 6.86. The Morgan fingerprint density at radius 3 is 2.63 bits per heavy atom. The average Bonchev–Trinajstić information content (AvgIpc) is 2.40. The van der Waals surface area contributed by atoms with E-state index in [1.165, 1.54) is 0 Å². The Balaban J connectivity index is 2.43. The van der Waals surface area contributed by atoms with Crippen LogP contribution in [0, 0.1) is 0 Å². The summed E-state index contributed by atoms with van der Waals surface area (Å²) in [5.74, 6) is 0.628. The molecule has 1 atom stereocenters. The maximum atomic E-state index is 11.6. The number of carbonyl (C=O) groups is 1. The molecule has 4 nitrogen and oxygen atoms in total. The van der Waals surface area contributed by atoms with Crippen LogP contribution < -0.4 is 10.1 Å². The van der Waals surface area contributed by atoms with E-state index in [0.29, 0.717) is 6.61 Å². The highest BCUT2D eigenvalue weighted by molar-refractivity contribution is 5.81. The van der Waals surface area contributed by atoms with E-state index in [1.54, 1.807) is 13.2 Å². The van der Waals surface area contributed by atoms with Gasteiger partial charge in [0.15, 0.2) is 0 Å². The third-order valence-corrected chi connectivity index (χ3v) is 2.61. The van der Waals surface area contributed by atoms with E-state index in [-0.39, 0.29) is 12.3 Å². The number of nitrogens with one attached hydrogen (secondary N) is 1. The highest BCUT2D eigenvalue weighted by Crippen LogP contribution is 2.13. The van der Waals surface area contributed by atoms with Crippen molar-refractivity contribution in [3.05, 3.63) is 29.8 Å². The lowest BCUT2D eigenvalue weighted by atomic mass is 10.1. The van der Waals surface area contributed by atoms with E-state index >= 15 is 0 Å². The van der Waals surface area contributed by atoms with Gasteiger partial charge in [-0.1, -0.05) is 25.5 Å². The summed E-state index contributed by atoms with van der Waals surface area (Å²) in [6.45, 7) is 4.42. The standard InChI is InChI=1S/C15H20NO3/c1-3-4-9-19-14-7-5-13(6-8-14)10-15(18)16-12(2)11-17/h5-8,12H,3-4,9-10H2,1-2H3,(H,16,18)/t12-/m0/s1. The van der Waals surface area contributed by atoms with Crippen molar-refractivity contribution in [2.45, 2.75) is 39.2 Å². The Kier molecular flexibility index (Phi) is 6.64. The van der Waals surface area contributed by atoms with Crippen molar-refractivity contribution < 1.29 is 14.3 Å². The number of hydrogen-bond donors (Lipinski definition) is 1. The van der Waals surface area contributed by atoms with E-state index in [0.717, 1.165) is 24.2 Å². The van der Waals surface area contributed by atoms with Gasteiger partial charge in [-0.15, -0.1) is 0 Å². The molecule has 0 aliphatic rings. The van der Waals surface area contributed by atoms with Gasteiger partial charge in [0.1, 0.15) is 5.75 Å². The predicted molar refractivity (Wildman–Crippen MR) is 73.8 cm³/mol. The van der Waals surface area contributed by atoms with Crippen LogP contribution in [0.3, 0.4) is 0 Å². The number of carbonyl (C=O) groups excluding carboxylic acids is 2. The van der Waals surface area contributed by atoms with E-state index in [4.69, 9.17) is 4.74 Å². The molecule has 0 aromatic heterocycles. The summed E-state index contributed by atoms with van der Waals surface area (Å²) in [4.78, 5) is 21.9. The molecule has 0 aliphatic carbocycles. The molecule has 103 valence electrons. The van der Waals surface area contributed by atoms with Crippen LogP contribution in [0.4, 0.5) is 0 Å². The number of unbranched alkanes of at least 4 members (excludes halogenated alkanes) is 1. The zero-order valence-corrected chi connectivity index (χ0v) is 11.4. The highest BCUT2D eigenvalue weighted by Gasteiger charge is 2.07. The van der Waals surface area contributed by atoms with Crippen LogP contribution in [0.1, 0.15) is 32.3 Å². The summed E-state index contributed by atoms with van der Waals surface area (Å²) in [7, 11) is 0. The topological polar surface area (TPSA) is 55.4 Å². The largest absolute Gasteiger partial charge is 0.494 e. The van der Waals surface area contributed by atoms with Crippen LogP contribution >= 0.6 is 0 Å². The first-order chi connectivity index (χ1) is 9.15. The number of ether oxygens (including phenoxy) is 1. The van der Waals surface area contributed by atoms with Gasteiger partial charge in [-0.25, -0.2) is 0 Å². The van der Waals surface area contributed by atoms with Gasteiger partial charge in [0.2, 0.25) is 12.2 Å². The molecular formula is C15H20NO3. The molecule has 4 heteroatoms. The minimum atomic E-state index is -0.566. The highest BCUT2D eigenvalue weighted by atomic mass is 16.5. The molecule has 0 aliphatic heterocycles. The van der Waals surface area contributed by atoms with Crippen molar-refractivity contribution >= 4 is 12.2 Å². The molecule has 1 aromatic carbocycles. The van der Waals surface area contributed by atoms with Crippen LogP contribution in [0.25, 0.3) is 0 Å². The molecule has 1 rings (SSSR count). The van der Waals surface area contributed by atoms with Gasteiger partial charge in [0, 0.05) is 0 Å². The predicted octanol–water partition coefficient (Wildman–Crippen LogP) is 2.02. The Bertz CT molecular complexity index is 400. The Morgan fingerprint density at radius 1 is 1.37 bits per heavy atom. The average molecular weight is 262 g/mol. The smallest absolute Gasteiger partial charge is 0.225 e. The lowest BCUT2D eigenvalue weighted by Crippen LogP contribution is -2.34. The summed E-state index contributed by atoms with van der Waals surface area (Å²) in [5.41, 5.74) is 0.887. The van der Waals surface area contributed by atoms with Crippen LogP contribution in [-0.4, -0.2) is 24.8 Å². The third kappa shape index (κ3) is 6.04. The van der Waals surface area contributed by atoms with Crippen molar-refractivity contribution in [3.8, 4) is 5.75 Å². The second kappa shape index (κ2) is 8.29. The summed E-state index contributed by atoms with van der Waals surface area (Å²) in [5, 5.41) is 2.54. The second-order valence-corrected chi connectivity index (χ2v) is 4.43. The van der Waals surface area contributed by atoms with Crippen LogP contribution in [0.15, 0.2) is 24.3 Å². The minimum absolute atomic E-state index is 0.185. The van der Waals surface area contributed by atoms with Crippen molar-refractivity contribution in [1.82, 2.24) is 5.32 Å². The van der Waals surface area contributed by atoms with E-state index in [9.17, 15) is 9.59 Å². The molecule has 1 amide bonds. The maximum Gasteiger partial charge on any atom is 0.225 e. The normalized spacial score (nSPS) is 11.7. The van der Waals surface area contributed by atoms with Gasteiger partial charge in [0.05, 0.1) is 19.1 Å². The quantitative estimate of drug-likeness (QED) is 0.729. The molecule has 0 spiro atoms. The molecule has 1 N–H and O–H groups in total. The Hall–Kier alpha value is -1.84. The molecule has 0 unspecified atom stereocenters. The number of benzene rings is 1. The number of amides is 1. The lowest BCUT2D eigenvalue weighted by molar-refractivity contribution is -0.120. The molecule has 0 heterocycles. The van der Waals surface area contributed by atoms with Gasteiger partial charge in [-0.2, -0.15) is 0 Å². The first-order valence-electron chi connectivity index (χ1n) is 6.54. The van der Waals surface area contributed by atoms with Crippen molar-refractivity contribution in [2.24, 2.45) is 0 Å². The van der Waals surface area contributed by atoms with Crippen molar-refractivity contribution in [2.75, 3.05) is 6.61 Å². The maximum absolute atomic E-state index is 11.6. The molecule has 1 radical (unpaired) electrons. The summed E-state index contributed by atoms with van der Waals surface area (Å²) < 4.78 is 5.54. The molecule has 0 saturated heterocycles. The summed E-state index contributed by atoms with van der Waals surface area (Å²) >= 11 is 0. The molecule has 0 saturated carbocycles. The van der Waals surface area contributed by atoms with E-state index < -0.39 is 6.04 Å². The van der Waals surface area contributed by atoms with E-state index in [2.05, 4.69) is 12.2 Å². The van der Waals surface area contributed by atoms with Gasteiger partial charge in [-0.05, 0) is 31.0 Å². The van der Waals surface area contributed by atoms with Crippen molar-refractivity contribution in [3.63, 3.8) is 0 Å². The monoisotopic (exact) mass is 262 g/mol. The fraction of sp³-hybridized carbons (Fsp3) is 0.467. The summed E-state index contributed by atoms with van der Waals surface area (Å²) in [6.07, 6.45) is 4.10. The second-order valence-electron chi connectivity index (χ2n) is 4.43. The molecule has 0 fully saturated rings. The van der Waals surface area contributed by atoms with Crippen LogP contribution in [0.5, 0.6) is 5.75 Å². The van der Waals surface area contributed by atoms with Crippen LogP contribution in [-0.2, 0) is 16.0 Å². The van der Waals surface area contributed by atoms with Gasteiger partial charge >= 0.3 is 0 Å². The molecule has 0 bridgehead atoms. The fourth-order valence-corrected chi connectivity index (χ4v) is 1.55. The fourth-order valence-electron chi connectivity index (χ4n) is 1.55. The molecule has 19 heavy (non-hydrogen) atoms. The molecular weight excluding hydrogens is 242 g/mol. The van der Waals surface area contributed by atoms with Crippen LogP contribution in [0.2, 0.25) is 0 Å².